The highest BCUT2D eigenvalue weighted by Crippen LogP contribution is 2.26. The highest BCUT2D eigenvalue weighted by Gasteiger charge is 2.26. The van der Waals surface area contributed by atoms with Gasteiger partial charge < -0.3 is 14.5 Å². The van der Waals surface area contributed by atoms with Crippen LogP contribution in [-0.4, -0.2) is 52.0 Å². The van der Waals surface area contributed by atoms with Crippen LogP contribution in [0.25, 0.3) is 11.2 Å². The van der Waals surface area contributed by atoms with E-state index in [4.69, 9.17) is 9.72 Å². The molecule has 0 bridgehead atoms. The fraction of sp³-hybridized carbons (Fsp3) is 0.346. The maximum absolute atomic E-state index is 13.2. The van der Waals surface area contributed by atoms with Gasteiger partial charge in [-0.15, -0.1) is 0 Å². The molecule has 182 valence electrons. The number of ether oxygens (including phenoxy) is 1. The number of hydrogen-bond acceptors (Lipinski definition) is 6. The normalized spacial score (nSPS) is 14.1. The second-order valence-electron chi connectivity index (χ2n) is 8.97. The summed E-state index contributed by atoms with van der Waals surface area (Å²) in [7, 11) is 4.85. The van der Waals surface area contributed by atoms with Gasteiger partial charge in [-0.1, -0.05) is 24.3 Å². The van der Waals surface area contributed by atoms with E-state index in [0.29, 0.717) is 17.7 Å². The van der Waals surface area contributed by atoms with E-state index < -0.39 is 0 Å². The largest absolute Gasteiger partial charge is 0.497 e. The summed E-state index contributed by atoms with van der Waals surface area (Å²) in [5.41, 5.74) is 3.57. The Morgan fingerprint density at radius 3 is 2.20 bits per heavy atom. The van der Waals surface area contributed by atoms with Gasteiger partial charge in [0.25, 0.3) is 5.56 Å². The van der Waals surface area contributed by atoms with Gasteiger partial charge in [0.05, 0.1) is 13.7 Å². The van der Waals surface area contributed by atoms with Crippen LogP contribution in [0.15, 0.2) is 58.1 Å². The van der Waals surface area contributed by atoms with Crippen LogP contribution in [0.4, 0.5) is 11.6 Å². The van der Waals surface area contributed by atoms with Crippen molar-refractivity contribution in [3.63, 3.8) is 0 Å². The number of imidazole rings is 1. The average Bonchev–Trinajstić information content (AvgIpc) is 3.27. The molecule has 1 fully saturated rings. The van der Waals surface area contributed by atoms with E-state index in [-0.39, 0.29) is 11.2 Å². The van der Waals surface area contributed by atoms with Gasteiger partial charge in [-0.3, -0.25) is 18.5 Å². The molecule has 0 N–H and O–H groups in total. The van der Waals surface area contributed by atoms with Gasteiger partial charge in [-0.25, -0.2) is 4.79 Å². The van der Waals surface area contributed by atoms with Crippen LogP contribution in [0.3, 0.4) is 0 Å². The van der Waals surface area contributed by atoms with E-state index in [2.05, 4.69) is 41.0 Å². The molecule has 9 nitrogen and oxygen atoms in total. The molecule has 35 heavy (non-hydrogen) atoms. The van der Waals surface area contributed by atoms with Crippen molar-refractivity contribution in [3.8, 4) is 5.75 Å². The fourth-order valence-electron chi connectivity index (χ4n) is 4.74. The number of piperazine rings is 1. The number of aromatic nitrogens is 4. The van der Waals surface area contributed by atoms with Gasteiger partial charge in [0, 0.05) is 46.0 Å². The molecule has 0 radical (unpaired) electrons. The number of aryl methyl sites for hydroxylation is 2. The Bertz CT molecular complexity index is 1490. The third-order valence-corrected chi connectivity index (χ3v) is 6.92. The quantitative estimate of drug-likeness (QED) is 0.441. The molecule has 2 aromatic carbocycles. The maximum atomic E-state index is 13.2. The van der Waals surface area contributed by atoms with Crippen LogP contribution in [0.5, 0.6) is 5.75 Å². The third-order valence-electron chi connectivity index (χ3n) is 6.92. The number of fused-ring (bicyclic) bond motifs is 1. The van der Waals surface area contributed by atoms with Crippen molar-refractivity contribution in [2.45, 2.75) is 13.5 Å². The van der Waals surface area contributed by atoms with E-state index in [0.717, 1.165) is 59.3 Å². The molecule has 1 aliphatic rings. The minimum atomic E-state index is -0.376. The number of methoxy groups -OCH3 is 1. The second kappa shape index (κ2) is 8.98. The molecule has 0 atom stereocenters. The second-order valence-corrected chi connectivity index (χ2v) is 8.97. The van der Waals surface area contributed by atoms with Crippen LogP contribution in [0, 0.1) is 6.92 Å². The van der Waals surface area contributed by atoms with Crippen LogP contribution >= 0.6 is 0 Å². The monoisotopic (exact) mass is 474 g/mol. The summed E-state index contributed by atoms with van der Waals surface area (Å²) in [5.74, 6) is 1.56. The van der Waals surface area contributed by atoms with Crippen molar-refractivity contribution in [1.82, 2.24) is 18.7 Å². The summed E-state index contributed by atoms with van der Waals surface area (Å²) >= 11 is 0. The molecule has 9 heteroatoms. The molecule has 0 unspecified atom stereocenters. The van der Waals surface area contributed by atoms with Gasteiger partial charge in [0.1, 0.15) is 5.75 Å². The molecule has 2 aromatic heterocycles. The lowest BCUT2D eigenvalue weighted by Gasteiger charge is -2.36. The van der Waals surface area contributed by atoms with E-state index in [1.165, 1.54) is 11.6 Å². The molecule has 4 aromatic rings. The molecular formula is C26H30N6O3. The Labute approximate surface area is 203 Å². The first-order valence-corrected chi connectivity index (χ1v) is 11.7. The van der Waals surface area contributed by atoms with Crippen molar-refractivity contribution in [3.05, 3.63) is 80.5 Å². The minimum Gasteiger partial charge on any atom is -0.497 e. The minimum absolute atomic E-state index is 0.327. The van der Waals surface area contributed by atoms with Gasteiger partial charge in [-0.05, 0) is 42.3 Å². The number of anilines is 2. The Balaban J connectivity index is 1.54. The molecule has 1 aliphatic heterocycles. The van der Waals surface area contributed by atoms with E-state index >= 15 is 0 Å². The topological polar surface area (TPSA) is 77.5 Å². The highest BCUT2D eigenvalue weighted by atomic mass is 16.5. The Morgan fingerprint density at radius 2 is 1.54 bits per heavy atom. The molecule has 1 saturated heterocycles. The van der Waals surface area contributed by atoms with E-state index in [1.807, 2.05) is 28.8 Å². The predicted octanol–water partition coefficient (Wildman–Crippen LogP) is 2.13. The first kappa shape index (κ1) is 22.8. The third kappa shape index (κ3) is 3.96. The smallest absolute Gasteiger partial charge is 0.332 e. The van der Waals surface area contributed by atoms with Crippen molar-refractivity contribution in [2.75, 3.05) is 43.1 Å². The summed E-state index contributed by atoms with van der Waals surface area (Å²) in [6.07, 6.45) is 0. The first-order valence-electron chi connectivity index (χ1n) is 11.7. The summed E-state index contributed by atoms with van der Waals surface area (Å²) in [6.45, 7) is 5.70. The molecule has 5 rings (SSSR count). The Hall–Kier alpha value is -4.01. The number of nitrogens with zero attached hydrogens (tertiary/aromatic N) is 6. The molecule has 3 heterocycles. The van der Waals surface area contributed by atoms with Gasteiger partial charge >= 0.3 is 5.69 Å². The fourth-order valence-corrected chi connectivity index (χ4v) is 4.74. The lowest BCUT2D eigenvalue weighted by molar-refractivity contribution is 0.415. The average molecular weight is 475 g/mol. The van der Waals surface area contributed by atoms with Crippen LogP contribution in [-0.2, 0) is 20.6 Å². The molecule has 0 amide bonds. The molecular weight excluding hydrogens is 444 g/mol. The summed E-state index contributed by atoms with van der Waals surface area (Å²) in [6, 6.07) is 16.2. The van der Waals surface area contributed by atoms with Crippen LogP contribution < -0.4 is 25.8 Å². The maximum Gasteiger partial charge on any atom is 0.332 e. The Kier molecular flexibility index (Phi) is 5.84. The van der Waals surface area contributed by atoms with Crippen LogP contribution in [0.2, 0.25) is 0 Å². The van der Waals surface area contributed by atoms with Crippen molar-refractivity contribution in [1.29, 1.82) is 0 Å². The summed E-state index contributed by atoms with van der Waals surface area (Å²) in [4.78, 5) is 35.2. The number of rotatable bonds is 5. The van der Waals surface area contributed by atoms with Crippen molar-refractivity contribution >= 4 is 22.8 Å². The summed E-state index contributed by atoms with van der Waals surface area (Å²) < 4.78 is 9.87. The predicted molar refractivity (Wildman–Crippen MR) is 138 cm³/mol. The first-order chi connectivity index (χ1) is 16.9. The lowest BCUT2D eigenvalue weighted by atomic mass is 10.1. The zero-order valence-corrected chi connectivity index (χ0v) is 20.6. The zero-order valence-electron chi connectivity index (χ0n) is 20.6. The standard InChI is InChI=1S/C26H30N6O3/c1-18-7-5-6-8-19(18)17-32-22-23(28(2)26(34)29(3)24(22)33)27-25(32)31-15-13-30(14-16-31)20-9-11-21(35-4)12-10-20/h5-12H,13-17H2,1-4H3. The van der Waals surface area contributed by atoms with Crippen molar-refractivity contribution in [2.24, 2.45) is 14.1 Å². The van der Waals surface area contributed by atoms with Gasteiger partial charge in [-0.2, -0.15) is 4.98 Å². The number of benzene rings is 2. The lowest BCUT2D eigenvalue weighted by Crippen LogP contribution is -2.47. The van der Waals surface area contributed by atoms with Crippen LogP contribution in [0.1, 0.15) is 11.1 Å². The van der Waals surface area contributed by atoms with Gasteiger partial charge in [0.2, 0.25) is 5.95 Å². The molecule has 0 spiro atoms. The number of hydrogen-bond donors (Lipinski definition) is 0. The summed E-state index contributed by atoms with van der Waals surface area (Å²) in [5, 5.41) is 0. The zero-order chi connectivity index (χ0) is 24.7. The molecule has 0 saturated carbocycles. The molecule has 0 aliphatic carbocycles. The highest BCUT2D eigenvalue weighted by molar-refractivity contribution is 5.75. The Morgan fingerprint density at radius 1 is 0.886 bits per heavy atom. The van der Waals surface area contributed by atoms with E-state index in [1.54, 1.807) is 14.2 Å². The SMILES string of the molecule is COc1ccc(N2CCN(c3nc4c(c(=O)n(C)c(=O)n4C)n3Cc3ccccc3C)CC2)cc1. The van der Waals surface area contributed by atoms with Gasteiger partial charge in [0.15, 0.2) is 11.2 Å². The van der Waals surface area contributed by atoms with E-state index in [9.17, 15) is 9.59 Å². The van der Waals surface area contributed by atoms with Crippen molar-refractivity contribution < 1.29 is 4.74 Å².